The summed E-state index contributed by atoms with van der Waals surface area (Å²) >= 11 is 1.62. The van der Waals surface area contributed by atoms with Crippen LogP contribution in [0.1, 0.15) is 49.6 Å². The second-order valence-electron chi connectivity index (χ2n) is 7.34. The Morgan fingerprint density at radius 1 is 1.28 bits per heavy atom. The second-order valence-corrected chi connectivity index (χ2v) is 10.7. The lowest BCUT2D eigenvalue weighted by molar-refractivity contribution is 0.574. The van der Waals surface area contributed by atoms with E-state index in [4.69, 9.17) is 4.98 Å². The van der Waals surface area contributed by atoms with Crippen molar-refractivity contribution in [2.45, 2.75) is 58.0 Å². The van der Waals surface area contributed by atoms with Gasteiger partial charge in [0.15, 0.2) is 9.84 Å². The molecular weight excluding hydrogens is 358 g/mol. The molecule has 0 aromatic carbocycles. The fourth-order valence-corrected chi connectivity index (χ4v) is 6.81. The van der Waals surface area contributed by atoms with Gasteiger partial charge in [0.05, 0.1) is 16.9 Å². The van der Waals surface area contributed by atoms with Crippen LogP contribution in [-0.2, 0) is 22.7 Å². The summed E-state index contributed by atoms with van der Waals surface area (Å²) in [7, 11) is -2.98. The van der Waals surface area contributed by atoms with E-state index in [1.54, 1.807) is 15.9 Å². The van der Waals surface area contributed by atoms with Gasteiger partial charge in [-0.2, -0.15) is 0 Å². The highest BCUT2D eigenvalue weighted by molar-refractivity contribution is 7.91. The second kappa shape index (κ2) is 6.09. The SMILES string of the molecule is CC(C)n1c(NC2CCS(=O)(=O)C2)nc2sc3c(c2c1=O)CCCC3. The predicted molar refractivity (Wildman–Crippen MR) is 102 cm³/mol. The summed E-state index contributed by atoms with van der Waals surface area (Å²) in [5, 5.41) is 4.02. The minimum absolute atomic E-state index is 0.00255. The van der Waals surface area contributed by atoms with E-state index in [0.29, 0.717) is 12.4 Å². The van der Waals surface area contributed by atoms with Gasteiger partial charge in [0.25, 0.3) is 5.56 Å². The van der Waals surface area contributed by atoms with Crippen molar-refractivity contribution >= 4 is 37.3 Å². The number of sulfone groups is 1. The van der Waals surface area contributed by atoms with E-state index >= 15 is 0 Å². The van der Waals surface area contributed by atoms with Gasteiger partial charge < -0.3 is 5.32 Å². The summed E-state index contributed by atoms with van der Waals surface area (Å²) in [6.45, 7) is 3.93. The third kappa shape index (κ3) is 2.99. The van der Waals surface area contributed by atoms with E-state index in [0.717, 1.165) is 29.5 Å². The van der Waals surface area contributed by atoms with Crippen LogP contribution in [0.15, 0.2) is 4.79 Å². The van der Waals surface area contributed by atoms with Crippen LogP contribution in [-0.4, -0.2) is 35.5 Å². The van der Waals surface area contributed by atoms with Crippen molar-refractivity contribution in [3.8, 4) is 0 Å². The van der Waals surface area contributed by atoms with Crippen molar-refractivity contribution in [1.29, 1.82) is 0 Å². The molecule has 6 nitrogen and oxygen atoms in total. The van der Waals surface area contributed by atoms with E-state index in [2.05, 4.69) is 5.32 Å². The first-order valence-electron chi connectivity index (χ1n) is 8.89. The highest BCUT2D eigenvalue weighted by Crippen LogP contribution is 2.34. The van der Waals surface area contributed by atoms with Crippen molar-refractivity contribution in [2.75, 3.05) is 16.8 Å². The van der Waals surface area contributed by atoms with E-state index < -0.39 is 9.84 Å². The van der Waals surface area contributed by atoms with Crippen molar-refractivity contribution in [1.82, 2.24) is 9.55 Å². The maximum absolute atomic E-state index is 13.2. The summed E-state index contributed by atoms with van der Waals surface area (Å²) in [6, 6.07) is -0.210. The molecule has 25 heavy (non-hydrogen) atoms. The zero-order valence-electron chi connectivity index (χ0n) is 14.5. The zero-order chi connectivity index (χ0) is 17.8. The highest BCUT2D eigenvalue weighted by Gasteiger charge is 2.30. The molecule has 4 rings (SSSR count). The van der Waals surface area contributed by atoms with Gasteiger partial charge in [-0.3, -0.25) is 9.36 Å². The third-order valence-electron chi connectivity index (χ3n) is 5.10. The number of rotatable bonds is 3. The average molecular weight is 382 g/mol. The molecule has 2 aromatic heterocycles. The molecule has 3 heterocycles. The minimum Gasteiger partial charge on any atom is -0.352 e. The Morgan fingerprint density at radius 2 is 2.04 bits per heavy atom. The fourth-order valence-electron chi connectivity index (χ4n) is 3.89. The molecule has 0 bridgehead atoms. The normalized spacial score (nSPS) is 22.4. The first-order valence-corrected chi connectivity index (χ1v) is 11.5. The van der Waals surface area contributed by atoms with Crippen molar-refractivity contribution < 1.29 is 8.42 Å². The summed E-state index contributed by atoms with van der Waals surface area (Å²) < 4.78 is 25.2. The van der Waals surface area contributed by atoms with Crippen LogP contribution in [0.25, 0.3) is 10.2 Å². The number of aryl methyl sites for hydroxylation is 2. The molecule has 1 N–H and O–H groups in total. The number of thiophene rings is 1. The monoisotopic (exact) mass is 381 g/mol. The molecule has 0 spiro atoms. The molecule has 1 unspecified atom stereocenters. The van der Waals surface area contributed by atoms with E-state index in [9.17, 15) is 13.2 Å². The lowest BCUT2D eigenvalue weighted by atomic mass is 9.97. The Kier molecular flexibility index (Phi) is 4.15. The maximum Gasteiger partial charge on any atom is 0.264 e. The molecule has 8 heteroatoms. The number of nitrogens with one attached hydrogen (secondary N) is 1. The molecule has 1 aliphatic carbocycles. The Hall–Kier alpha value is -1.41. The molecule has 0 radical (unpaired) electrons. The zero-order valence-corrected chi connectivity index (χ0v) is 16.2. The van der Waals surface area contributed by atoms with Gasteiger partial charge in [0.2, 0.25) is 5.95 Å². The van der Waals surface area contributed by atoms with Crippen LogP contribution in [0.3, 0.4) is 0 Å². The van der Waals surface area contributed by atoms with Crippen molar-refractivity contribution in [3.63, 3.8) is 0 Å². The number of hydrogen-bond acceptors (Lipinski definition) is 6. The summed E-state index contributed by atoms with van der Waals surface area (Å²) in [4.78, 5) is 20.0. The van der Waals surface area contributed by atoms with Crippen LogP contribution in [0, 0.1) is 0 Å². The van der Waals surface area contributed by atoms with Crippen molar-refractivity contribution in [2.24, 2.45) is 0 Å². The van der Waals surface area contributed by atoms with Gasteiger partial charge in [-0.25, -0.2) is 13.4 Å². The molecule has 1 fully saturated rings. The van der Waals surface area contributed by atoms with Gasteiger partial charge in [-0.1, -0.05) is 0 Å². The van der Waals surface area contributed by atoms with Crippen molar-refractivity contribution in [3.05, 3.63) is 20.8 Å². The van der Waals surface area contributed by atoms with Gasteiger partial charge in [0, 0.05) is 17.0 Å². The summed E-state index contributed by atoms with van der Waals surface area (Å²) in [5.74, 6) is 0.819. The maximum atomic E-state index is 13.2. The van der Waals surface area contributed by atoms with E-state index in [1.807, 2.05) is 13.8 Å². The molecule has 136 valence electrons. The number of hydrogen-bond donors (Lipinski definition) is 1. The number of fused-ring (bicyclic) bond motifs is 3. The highest BCUT2D eigenvalue weighted by atomic mass is 32.2. The average Bonchev–Trinajstić information content (AvgIpc) is 3.06. The van der Waals surface area contributed by atoms with Gasteiger partial charge in [-0.15, -0.1) is 11.3 Å². The van der Waals surface area contributed by atoms with Crippen LogP contribution >= 0.6 is 11.3 Å². The fraction of sp³-hybridized carbons (Fsp3) is 0.647. The van der Waals surface area contributed by atoms with E-state index in [-0.39, 0.29) is 29.1 Å². The van der Waals surface area contributed by atoms with Crippen LogP contribution < -0.4 is 10.9 Å². The quantitative estimate of drug-likeness (QED) is 0.883. The Balaban J connectivity index is 1.83. The minimum atomic E-state index is -2.98. The summed E-state index contributed by atoms with van der Waals surface area (Å²) in [6.07, 6.45) is 4.84. The van der Waals surface area contributed by atoms with Gasteiger partial charge >= 0.3 is 0 Å². The van der Waals surface area contributed by atoms with Crippen LogP contribution in [0.4, 0.5) is 5.95 Å². The number of anilines is 1. The number of aromatic nitrogens is 2. The first-order chi connectivity index (χ1) is 11.9. The molecule has 0 amide bonds. The summed E-state index contributed by atoms with van der Waals surface area (Å²) in [5.41, 5.74) is 1.19. The molecule has 1 atom stereocenters. The van der Waals surface area contributed by atoms with Crippen LogP contribution in [0.2, 0.25) is 0 Å². The smallest absolute Gasteiger partial charge is 0.264 e. The standard InChI is InChI=1S/C17H23N3O3S2/c1-10(2)20-16(21)14-12-5-3-4-6-13(12)24-15(14)19-17(20)18-11-7-8-25(22,23)9-11/h10-11H,3-9H2,1-2H3,(H,18,19). The molecule has 2 aliphatic rings. The largest absolute Gasteiger partial charge is 0.352 e. The van der Waals surface area contributed by atoms with E-state index in [1.165, 1.54) is 16.9 Å². The third-order valence-corrected chi connectivity index (χ3v) is 8.06. The topological polar surface area (TPSA) is 81.1 Å². The Labute approximate surface area is 151 Å². The molecule has 2 aromatic rings. The molecule has 0 saturated carbocycles. The predicted octanol–water partition coefficient (Wildman–Crippen LogP) is 2.52. The molecule has 1 aliphatic heterocycles. The molecular formula is C17H23N3O3S2. The Morgan fingerprint density at radius 3 is 2.72 bits per heavy atom. The number of nitrogens with zero attached hydrogens (tertiary/aromatic N) is 2. The lowest BCUT2D eigenvalue weighted by Crippen LogP contribution is -2.31. The Bertz CT molecular complexity index is 989. The first kappa shape index (κ1) is 17.0. The lowest BCUT2D eigenvalue weighted by Gasteiger charge is -2.19. The molecule has 1 saturated heterocycles. The van der Waals surface area contributed by atoms with Gasteiger partial charge in [-0.05, 0) is 51.5 Å². The van der Waals surface area contributed by atoms with Crippen LogP contribution in [0.5, 0.6) is 0 Å². The van der Waals surface area contributed by atoms with Gasteiger partial charge in [0.1, 0.15) is 4.83 Å².